The Hall–Kier alpha value is -2.24. The topological polar surface area (TPSA) is 28.1 Å². The number of morpholine rings is 1. The highest BCUT2D eigenvalue weighted by molar-refractivity contribution is 6.11. The van der Waals surface area contributed by atoms with Crippen molar-refractivity contribution >= 4 is 11.5 Å². The number of halogens is 1. The standard InChI is InChI=1S/C20H22FN3O/c1-15-19(23-11-13-25-14-12-23)22-20(16-5-3-2-4-6-16)24(15)18-9-7-17(21)8-10-18/h2-10,15,19H,11-14H2,1H3. The molecule has 0 aliphatic carbocycles. The molecule has 2 aromatic rings. The molecular formula is C20H22FN3O. The first kappa shape index (κ1) is 16.2. The van der Waals surface area contributed by atoms with Gasteiger partial charge in [0.05, 0.1) is 19.3 Å². The summed E-state index contributed by atoms with van der Waals surface area (Å²) in [5.41, 5.74) is 2.04. The van der Waals surface area contributed by atoms with Gasteiger partial charge in [-0.2, -0.15) is 0 Å². The van der Waals surface area contributed by atoms with Crippen LogP contribution in [0.5, 0.6) is 0 Å². The molecule has 4 rings (SSSR count). The van der Waals surface area contributed by atoms with E-state index in [1.54, 1.807) is 0 Å². The van der Waals surface area contributed by atoms with Crippen LogP contribution in [0.1, 0.15) is 12.5 Å². The summed E-state index contributed by atoms with van der Waals surface area (Å²) in [6.07, 6.45) is 0.0733. The zero-order valence-corrected chi connectivity index (χ0v) is 14.3. The van der Waals surface area contributed by atoms with Gasteiger partial charge in [0.1, 0.15) is 17.8 Å². The van der Waals surface area contributed by atoms with Crippen molar-refractivity contribution in [1.29, 1.82) is 0 Å². The fourth-order valence-electron chi connectivity index (χ4n) is 3.61. The fourth-order valence-corrected chi connectivity index (χ4v) is 3.61. The fraction of sp³-hybridized carbons (Fsp3) is 0.350. The number of hydrogen-bond acceptors (Lipinski definition) is 4. The SMILES string of the molecule is CC1C(N2CCOCC2)N=C(c2ccccc2)N1c1ccc(F)cc1. The minimum absolute atomic E-state index is 0.0733. The molecule has 2 aliphatic heterocycles. The van der Waals surface area contributed by atoms with Crippen LogP contribution in [-0.2, 0) is 4.74 Å². The zero-order valence-electron chi connectivity index (χ0n) is 14.3. The van der Waals surface area contributed by atoms with Crippen molar-refractivity contribution in [2.24, 2.45) is 4.99 Å². The first-order valence-corrected chi connectivity index (χ1v) is 8.74. The highest BCUT2D eigenvalue weighted by Crippen LogP contribution is 2.30. The van der Waals surface area contributed by atoms with Gasteiger partial charge >= 0.3 is 0 Å². The number of hydrogen-bond donors (Lipinski definition) is 0. The second-order valence-corrected chi connectivity index (χ2v) is 6.47. The van der Waals surface area contributed by atoms with E-state index in [2.05, 4.69) is 28.9 Å². The Balaban J connectivity index is 1.72. The van der Waals surface area contributed by atoms with E-state index in [0.717, 1.165) is 43.4 Å². The van der Waals surface area contributed by atoms with Crippen molar-refractivity contribution in [3.63, 3.8) is 0 Å². The van der Waals surface area contributed by atoms with E-state index in [-0.39, 0.29) is 18.0 Å². The molecule has 0 amide bonds. The van der Waals surface area contributed by atoms with Crippen LogP contribution in [0.4, 0.5) is 10.1 Å². The molecule has 0 spiro atoms. The van der Waals surface area contributed by atoms with Crippen LogP contribution in [0.25, 0.3) is 0 Å². The summed E-state index contributed by atoms with van der Waals surface area (Å²) < 4.78 is 18.9. The molecule has 2 heterocycles. The van der Waals surface area contributed by atoms with Crippen LogP contribution in [0, 0.1) is 5.82 Å². The Bertz CT molecular complexity index is 741. The minimum atomic E-state index is -0.224. The first-order valence-electron chi connectivity index (χ1n) is 8.74. The third-order valence-electron chi connectivity index (χ3n) is 4.88. The third-order valence-corrected chi connectivity index (χ3v) is 4.88. The van der Waals surface area contributed by atoms with Crippen molar-refractivity contribution in [2.75, 3.05) is 31.2 Å². The van der Waals surface area contributed by atoms with Crippen LogP contribution in [0.15, 0.2) is 59.6 Å². The van der Waals surface area contributed by atoms with Crippen molar-refractivity contribution < 1.29 is 9.13 Å². The normalized spacial score (nSPS) is 24.4. The summed E-state index contributed by atoms with van der Waals surface area (Å²) >= 11 is 0. The van der Waals surface area contributed by atoms with Gasteiger partial charge in [-0.05, 0) is 31.2 Å². The second kappa shape index (κ2) is 6.94. The molecule has 0 saturated carbocycles. The maximum absolute atomic E-state index is 13.4. The summed E-state index contributed by atoms with van der Waals surface area (Å²) in [5, 5.41) is 0. The summed E-state index contributed by atoms with van der Waals surface area (Å²) in [4.78, 5) is 9.66. The van der Waals surface area contributed by atoms with E-state index in [4.69, 9.17) is 9.73 Å². The monoisotopic (exact) mass is 339 g/mol. The Kier molecular flexibility index (Phi) is 4.51. The molecule has 0 aromatic heterocycles. The number of aliphatic imine (C=N–C) groups is 1. The highest BCUT2D eigenvalue weighted by Gasteiger charge is 2.38. The van der Waals surface area contributed by atoms with E-state index >= 15 is 0 Å². The molecule has 130 valence electrons. The zero-order chi connectivity index (χ0) is 17.2. The van der Waals surface area contributed by atoms with E-state index in [1.807, 2.05) is 30.3 Å². The summed E-state index contributed by atoms with van der Waals surface area (Å²) in [6, 6.07) is 17.0. The average molecular weight is 339 g/mol. The van der Waals surface area contributed by atoms with Gasteiger partial charge in [-0.25, -0.2) is 9.38 Å². The van der Waals surface area contributed by atoms with Gasteiger partial charge < -0.3 is 9.64 Å². The largest absolute Gasteiger partial charge is 0.379 e. The van der Waals surface area contributed by atoms with E-state index in [0.29, 0.717) is 0 Å². The molecule has 25 heavy (non-hydrogen) atoms. The van der Waals surface area contributed by atoms with Crippen molar-refractivity contribution in [3.05, 3.63) is 66.0 Å². The number of amidine groups is 1. The summed E-state index contributed by atoms with van der Waals surface area (Å²) in [5.74, 6) is 0.717. The quantitative estimate of drug-likeness (QED) is 0.860. The van der Waals surface area contributed by atoms with Gasteiger partial charge in [0.15, 0.2) is 0 Å². The molecule has 2 unspecified atom stereocenters. The lowest BCUT2D eigenvalue weighted by atomic mass is 10.1. The van der Waals surface area contributed by atoms with Gasteiger partial charge in [0.2, 0.25) is 0 Å². The molecule has 0 bridgehead atoms. The predicted octanol–water partition coefficient (Wildman–Crippen LogP) is 3.14. The Labute approximate surface area is 147 Å². The lowest BCUT2D eigenvalue weighted by molar-refractivity contribution is 0.0163. The molecule has 1 saturated heterocycles. The lowest BCUT2D eigenvalue weighted by Crippen LogP contribution is -2.49. The van der Waals surface area contributed by atoms with Gasteiger partial charge in [0.25, 0.3) is 0 Å². The Morgan fingerprint density at radius 1 is 1.00 bits per heavy atom. The Morgan fingerprint density at radius 2 is 1.68 bits per heavy atom. The molecule has 1 fully saturated rings. The van der Waals surface area contributed by atoms with E-state index in [9.17, 15) is 4.39 Å². The number of anilines is 1. The van der Waals surface area contributed by atoms with E-state index in [1.165, 1.54) is 12.1 Å². The Morgan fingerprint density at radius 3 is 2.36 bits per heavy atom. The first-order chi connectivity index (χ1) is 12.2. The summed E-state index contributed by atoms with van der Waals surface area (Å²) in [6.45, 7) is 5.45. The van der Waals surface area contributed by atoms with Crippen LogP contribution in [-0.4, -0.2) is 49.2 Å². The maximum Gasteiger partial charge on any atom is 0.137 e. The minimum Gasteiger partial charge on any atom is -0.379 e. The maximum atomic E-state index is 13.4. The average Bonchev–Trinajstić information content (AvgIpc) is 3.01. The highest BCUT2D eigenvalue weighted by atomic mass is 19.1. The predicted molar refractivity (Wildman–Crippen MR) is 97.5 cm³/mol. The molecule has 0 radical (unpaired) electrons. The van der Waals surface area contributed by atoms with Crippen LogP contribution >= 0.6 is 0 Å². The van der Waals surface area contributed by atoms with Crippen LogP contribution < -0.4 is 4.90 Å². The van der Waals surface area contributed by atoms with Crippen molar-refractivity contribution in [2.45, 2.75) is 19.1 Å². The third kappa shape index (κ3) is 3.17. The van der Waals surface area contributed by atoms with Gasteiger partial charge in [-0.15, -0.1) is 0 Å². The van der Waals surface area contributed by atoms with Crippen molar-refractivity contribution in [1.82, 2.24) is 4.90 Å². The lowest BCUT2D eigenvalue weighted by Gasteiger charge is -2.35. The molecule has 2 atom stereocenters. The summed E-state index contributed by atoms with van der Waals surface area (Å²) in [7, 11) is 0. The number of nitrogens with zero attached hydrogens (tertiary/aromatic N) is 3. The molecular weight excluding hydrogens is 317 g/mol. The smallest absolute Gasteiger partial charge is 0.137 e. The molecule has 2 aliphatic rings. The van der Waals surface area contributed by atoms with Gasteiger partial charge in [-0.1, -0.05) is 30.3 Å². The van der Waals surface area contributed by atoms with E-state index < -0.39 is 0 Å². The van der Waals surface area contributed by atoms with Crippen molar-refractivity contribution in [3.8, 4) is 0 Å². The molecule has 2 aromatic carbocycles. The number of ether oxygens (including phenoxy) is 1. The molecule has 4 nitrogen and oxygen atoms in total. The second-order valence-electron chi connectivity index (χ2n) is 6.47. The van der Waals surface area contributed by atoms with Gasteiger partial charge in [0, 0.05) is 24.3 Å². The molecule has 5 heteroatoms. The van der Waals surface area contributed by atoms with Crippen LogP contribution in [0.2, 0.25) is 0 Å². The number of rotatable bonds is 3. The number of benzene rings is 2. The molecule has 0 N–H and O–H groups in total. The van der Waals surface area contributed by atoms with Gasteiger partial charge in [-0.3, -0.25) is 4.90 Å². The van der Waals surface area contributed by atoms with Crippen LogP contribution in [0.3, 0.4) is 0 Å².